The Balaban J connectivity index is 1.49. The van der Waals surface area contributed by atoms with Gasteiger partial charge in [-0.1, -0.05) is 12.1 Å². The third kappa shape index (κ3) is 3.99. The van der Waals surface area contributed by atoms with Crippen LogP contribution in [-0.2, 0) is 0 Å². The predicted octanol–water partition coefficient (Wildman–Crippen LogP) is 2.08. The van der Waals surface area contributed by atoms with E-state index in [0.29, 0.717) is 30.4 Å². The maximum atomic E-state index is 13.3. The second kappa shape index (κ2) is 8.39. The number of hydrogen-bond donors (Lipinski definition) is 0. The van der Waals surface area contributed by atoms with Gasteiger partial charge in [-0.05, 0) is 25.1 Å². The third-order valence-electron chi connectivity index (χ3n) is 4.48. The van der Waals surface area contributed by atoms with E-state index in [4.69, 9.17) is 4.74 Å². The first-order valence-electron chi connectivity index (χ1n) is 9.00. The van der Waals surface area contributed by atoms with Gasteiger partial charge < -0.3 is 9.64 Å². The number of aromatic nitrogens is 5. The van der Waals surface area contributed by atoms with Crippen LogP contribution < -0.4 is 4.74 Å². The molecule has 3 heterocycles. The molecule has 0 radical (unpaired) electrons. The molecule has 0 aliphatic carbocycles. The summed E-state index contributed by atoms with van der Waals surface area (Å²) in [5, 5.41) is 8.49. The monoisotopic (exact) mass is 396 g/mol. The van der Waals surface area contributed by atoms with E-state index in [-0.39, 0.29) is 17.2 Å². The fourth-order valence-electron chi connectivity index (χ4n) is 3.05. The molecule has 4 rings (SSSR count). The summed E-state index contributed by atoms with van der Waals surface area (Å²) in [5.74, 6) is 0.819. The van der Waals surface area contributed by atoms with Crippen molar-refractivity contribution in [2.75, 3.05) is 18.9 Å². The molecular weight excluding hydrogens is 376 g/mol. The highest BCUT2D eigenvalue weighted by Crippen LogP contribution is 2.26. The first-order chi connectivity index (χ1) is 13.7. The molecule has 0 N–H and O–H groups in total. The van der Waals surface area contributed by atoms with Crippen LogP contribution >= 0.6 is 11.8 Å². The first-order valence-corrected chi connectivity index (χ1v) is 10.1. The molecule has 2 aromatic heterocycles. The smallest absolute Gasteiger partial charge is 0.316 e. The van der Waals surface area contributed by atoms with E-state index in [0.717, 1.165) is 5.75 Å². The molecule has 1 aliphatic heterocycles. The number of carbonyl (C=O) groups excluding carboxylic acids is 1. The first kappa shape index (κ1) is 18.4. The predicted molar refractivity (Wildman–Crippen MR) is 106 cm³/mol. The molecule has 0 unspecified atom stereocenters. The van der Waals surface area contributed by atoms with E-state index in [1.54, 1.807) is 42.6 Å². The number of nitrogens with zero attached hydrogens (tertiary/aromatic N) is 6. The fraction of sp³-hybridized carbons (Fsp3) is 0.316. The topological polar surface area (TPSA) is 86.0 Å². The summed E-state index contributed by atoms with van der Waals surface area (Å²) < 4.78 is 5.69. The van der Waals surface area contributed by atoms with Crippen LogP contribution in [-0.4, -0.2) is 66.0 Å². The zero-order valence-corrected chi connectivity index (χ0v) is 16.2. The molecule has 1 saturated heterocycles. The van der Waals surface area contributed by atoms with Crippen molar-refractivity contribution in [1.82, 2.24) is 29.9 Å². The second-order valence-corrected chi connectivity index (χ2v) is 7.77. The van der Waals surface area contributed by atoms with Crippen LogP contribution in [0.15, 0.2) is 55.1 Å². The average Bonchev–Trinajstić information content (AvgIpc) is 3.28. The number of rotatable bonds is 5. The summed E-state index contributed by atoms with van der Waals surface area (Å²) in [4.78, 5) is 24.9. The van der Waals surface area contributed by atoms with Crippen LogP contribution in [0.5, 0.6) is 6.01 Å². The molecule has 2 atom stereocenters. The Morgan fingerprint density at radius 3 is 2.68 bits per heavy atom. The molecule has 9 heteroatoms. The zero-order chi connectivity index (χ0) is 19.3. The molecule has 3 aromatic rings. The van der Waals surface area contributed by atoms with Crippen molar-refractivity contribution in [2.24, 2.45) is 0 Å². The lowest BCUT2D eigenvalue weighted by molar-refractivity contribution is 0.0691. The number of benzene rings is 1. The maximum Gasteiger partial charge on any atom is 0.316 e. The largest absolute Gasteiger partial charge is 0.462 e. The van der Waals surface area contributed by atoms with Crippen LogP contribution in [0.25, 0.3) is 5.69 Å². The maximum absolute atomic E-state index is 13.3. The number of carbonyl (C=O) groups is 1. The van der Waals surface area contributed by atoms with Gasteiger partial charge in [0.05, 0.1) is 28.9 Å². The molecule has 0 spiro atoms. The van der Waals surface area contributed by atoms with Gasteiger partial charge in [0.2, 0.25) is 0 Å². The lowest BCUT2D eigenvalue weighted by Gasteiger charge is -2.37. The lowest BCUT2D eigenvalue weighted by Crippen LogP contribution is -2.49. The van der Waals surface area contributed by atoms with Crippen molar-refractivity contribution >= 4 is 17.7 Å². The zero-order valence-electron chi connectivity index (χ0n) is 15.4. The standard InChI is InChI=1S/C19H20N6O2S/c1-14-13-28-15(12-27-19-20-7-4-8-21-19)11-24(14)18(26)16-5-2-3-6-17(16)25-22-9-10-23-25/h2-10,14-15H,11-13H2,1H3/t14-,15-/m1/s1. The van der Waals surface area contributed by atoms with E-state index in [9.17, 15) is 4.79 Å². The summed E-state index contributed by atoms with van der Waals surface area (Å²) in [6, 6.07) is 9.63. The van der Waals surface area contributed by atoms with Crippen LogP contribution in [0.3, 0.4) is 0 Å². The second-order valence-electron chi connectivity index (χ2n) is 6.44. The van der Waals surface area contributed by atoms with E-state index < -0.39 is 0 Å². The van der Waals surface area contributed by atoms with Crippen molar-refractivity contribution in [1.29, 1.82) is 0 Å². The average molecular weight is 396 g/mol. The molecule has 1 aromatic carbocycles. The summed E-state index contributed by atoms with van der Waals surface area (Å²) >= 11 is 1.80. The Bertz CT molecular complexity index is 921. The van der Waals surface area contributed by atoms with Gasteiger partial charge in [-0.2, -0.15) is 26.8 Å². The minimum atomic E-state index is -0.0262. The Hall–Kier alpha value is -2.94. The molecule has 0 bridgehead atoms. The van der Waals surface area contributed by atoms with Gasteiger partial charge in [-0.25, -0.2) is 9.97 Å². The lowest BCUT2D eigenvalue weighted by atomic mass is 10.1. The number of ether oxygens (including phenoxy) is 1. The summed E-state index contributed by atoms with van der Waals surface area (Å²) in [6.07, 6.45) is 6.49. The van der Waals surface area contributed by atoms with Crippen LogP contribution in [0.2, 0.25) is 0 Å². The van der Waals surface area contributed by atoms with Crippen LogP contribution in [0.1, 0.15) is 17.3 Å². The van der Waals surface area contributed by atoms with Crippen LogP contribution in [0.4, 0.5) is 0 Å². The number of amides is 1. The molecule has 144 valence electrons. The highest BCUT2D eigenvalue weighted by Gasteiger charge is 2.31. The van der Waals surface area contributed by atoms with E-state index in [1.807, 2.05) is 29.2 Å². The molecule has 1 aliphatic rings. The van der Waals surface area contributed by atoms with Gasteiger partial charge in [0.1, 0.15) is 6.61 Å². The van der Waals surface area contributed by atoms with Gasteiger partial charge >= 0.3 is 6.01 Å². The van der Waals surface area contributed by atoms with Crippen molar-refractivity contribution in [3.63, 3.8) is 0 Å². The normalized spacial score (nSPS) is 19.4. The Morgan fingerprint density at radius 1 is 1.14 bits per heavy atom. The van der Waals surface area contributed by atoms with E-state index in [2.05, 4.69) is 27.1 Å². The molecule has 1 fully saturated rings. The van der Waals surface area contributed by atoms with E-state index >= 15 is 0 Å². The van der Waals surface area contributed by atoms with Gasteiger partial charge in [-0.3, -0.25) is 4.79 Å². The third-order valence-corrected chi connectivity index (χ3v) is 5.91. The Morgan fingerprint density at radius 2 is 1.89 bits per heavy atom. The number of hydrogen-bond acceptors (Lipinski definition) is 7. The molecule has 0 saturated carbocycles. The molecule has 28 heavy (non-hydrogen) atoms. The van der Waals surface area contributed by atoms with Gasteiger partial charge in [0.25, 0.3) is 5.91 Å². The summed E-state index contributed by atoms with van der Waals surface area (Å²) in [5.41, 5.74) is 1.26. The minimum absolute atomic E-state index is 0.0262. The quantitative estimate of drug-likeness (QED) is 0.653. The molecular formula is C19H20N6O2S. The Kier molecular flexibility index (Phi) is 5.52. The van der Waals surface area contributed by atoms with Gasteiger partial charge in [-0.15, -0.1) is 0 Å². The highest BCUT2D eigenvalue weighted by atomic mass is 32.2. The van der Waals surface area contributed by atoms with Crippen molar-refractivity contribution in [3.8, 4) is 11.7 Å². The van der Waals surface area contributed by atoms with Crippen LogP contribution in [0, 0.1) is 0 Å². The number of thioether (sulfide) groups is 1. The van der Waals surface area contributed by atoms with Crippen molar-refractivity contribution < 1.29 is 9.53 Å². The summed E-state index contributed by atoms with van der Waals surface area (Å²) in [7, 11) is 0. The summed E-state index contributed by atoms with van der Waals surface area (Å²) in [6.45, 7) is 3.11. The van der Waals surface area contributed by atoms with Gasteiger partial charge in [0.15, 0.2) is 0 Å². The van der Waals surface area contributed by atoms with E-state index in [1.165, 1.54) is 4.80 Å². The van der Waals surface area contributed by atoms with Gasteiger partial charge in [0, 0.05) is 30.7 Å². The fourth-order valence-corrected chi connectivity index (χ4v) is 4.21. The number of para-hydroxylation sites is 1. The minimum Gasteiger partial charge on any atom is -0.462 e. The molecule has 1 amide bonds. The van der Waals surface area contributed by atoms with Crippen molar-refractivity contribution in [2.45, 2.75) is 18.2 Å². The SMILES string of the molecule is C[C@@H]1CS[C@@H](COc2ncccn2)CN1C(=O)c1ccccc1-n1nccn1. The highest BCUT2D eigenvalue weighted by molar-refractivity contribution is 8.00. The Labute approximate surface area is 166 Å². The molecule has 8 nitrogen and oxygen atoms in total. The van der Waals surface area contributed by atoms with Crippen molar-refractivity contribution in [3.05, 3.63) is 60.7 Å².